The van der Waals surface area contributed by atoms with Crippen molar-refractivity contribution in [2.45, 2.75) is 44.4 Å². The number of aryl methyl sites for hydroxylation is 3. The number of benzene rings is 2. The molecule has 2 atom stereocenters. The lowest BCUT2D eigenvalue weighted by Crippen LogP contribution is -2.60. The molecule has 0 aliphatic carbocycles. The number of hydrogen-bond acceptors (Lipinski definition) is 6. The number of amides is 1. The monoisotopic (exact) mass is 407 g/mol. The summed E-state index contributed by atoms with van der Waals surface area (Å²) in [5, 5.41) is 10.6. The lowest BCUT2D eigenvalue weighted by atomic mass is 10.1. The van der Waals surface area contributed by atoms with Gasteiger partial charge in [0.15, 0.2) is 6.29 Å². The fourth-order valence-electron chi connectivity index (χ4n) is 3.39. The summed E-state index contributed by atoms with van der Waals surface area (Å²) in [5.41, 5.74) is 4.20. The molecule has 1 aromatic heterocycles. The Morgan fingerprint density at radius 2 is 1.83 bits per heavy atom. The van der Waals surface area contributed by atoms with Crippen LogP contribution >= 0.6 is 11.8 Å². The van der Waals surface area contributed by atoms with Crippen molar-refractivity contribution in [1.82, 2.24) is 20.6 Å². The standard InChI is InChI=1S/C22H25N5OS/c1-13-4-7-17(8-5-13)29-12-16-11-20(28)26-22(24-16)27-21-23-15(3)18-9-6-14(2)10-19(18)25-21/h4-10,16,22,24H,11-12H2,1-3H3,(H,26,28)(H,23,25,27). The quantitative estimate of drug-likeness (QED) is 0.562. The molecule has 0 saturated carbocycles. The summed E-state index contributed by atoms with van der Waals surface area (Å²) in [6.45, 7) is 6.09. The summed E-state index contributed by atoms with van der Waals surface area (Å²) in [7, 11) is 0. The Kier molecular flexibility index (Phi) is 5.69. The van der Waals surface area contributed by atoms with E-state index < -0.39 is 6.29 Å². The maximum atomic E-state index is 12.2. The van der Waals surface area contributed by atoms with E-state index in [-0.39, 0.29) is 11.9 Å². The van der Waals surface area contributed by atoms with E-state index in [1.54, 1.807) is 11.8 Å². The third-order valence-corrected chi connectivity index (χ3v) is 6.10. The number of fused-ring (bicyclic) bond motifs is 1. The van der Waals surface area contributed by atoms with E-state index in [0.717, 1.165) is 27.9 Å². The van der Waals surface area contributed by atoms with Crippen LogP contribution in [0.2, 0.25) is 0 Å². The third kappa shape index (κ3) is 4.86. The van der Waals surface area contributed by atoms with Crippen LogP contribution < -0.4 is 16.0 Å². The molecule has 150 valence electrons. The average molecular weight is 408 g/mol. The normalized spacial score (nSPS) is 19.2. The maximum absolute atomic E-state index is 12.2. The van der Waals surface area contributed by atoms with Crippen LogP contribution in [0.3, 0.4) is 0 Å². The summed E-state index contributed by atoms with van der Waals surface area (Å²) in [6.07, 6.45) is 0.0509. The van der Waals surface area contributed by atoms with E-state index in [2.05, 4.69) is 63.2 Å². The molecule has 1 fully saturated rings. The molecule has 2 aromatic carbocycles. The summed E-state index contributed by atoms with van der Waals surface area (Å²) in [4.78, 5) is 22.6. The first-order valence-electron chi connectivity index (χ1n) is 9.73. The van der Waals surface area contributed by atoms with Gasteiger partial charge in [-0.2, -0.15) is 0 Å². The third-order valence-electron chi connectivity index (χ3n) is 4.93. The molecule has 1 aliphatic rings. The molecule has 29 heavy (non-hydrogen) atoms. The van der Waals surface area contributed by atoms with E-state index in [4.69, 9.17) is 0 Å². The van der Waals surface area contributed by atoms with Crippen molar-refractivity contribution >= 4 is 34.5 Å². The van der Waals surface area contributed by atoms with Gasteiger partial charge in [-0.25, -0.2) is 9.97 Å². The van der Waals surface area contributed by atoms with Crippen LogP contribution in [-0.2, 0) is 4.79 Å². The second-order valence-electron chi connectivity index (χ2n) is 7.49. The first-order chi connectivity index (χ1) is 14.0. The Morgan fingerprint density at radius 3 is 2.62 bits per heavy atom. The van der Waals surface area contributed by atoms with E-state index >= 15 is 0 Å². The van der Waals surface area contributed by atoms with Gasteiger partial charge in [0, 0.05) is 28.5 Å². The van der Waals surface area contributed by atoms with Crippen LogP contribution in [0.15, 0.2) is 47.4 Å². The summed E-state index contributed by atoms with van der Waals surface area (Å²) in [6, 6.07) is 14.7. The average Bonchev–Trinajstić information content (AvgIpc) is 2.67. The highest BCUT2D eigenvalue weighted by Gasteiger charge is 2.26. The second kappa shape index (κ2) is 8.39. The lowest BCUT2D eigenvalue weighted by molar-refractivity contribution is -0.123. The van der Waals surface area contributed by atoms with Gasteiger partial charge in [0.1, 0.15) is 0 Å². The van der Waals surface area contributed by atoms with Crippen LogP contribution in [0.5, 0.6) is 0 Å². The number of thioether (sulfide) groups is 1. The Balaban J connectivity index is 1.43. The molecule has 3 aromatic rings. The molecular weight excluding hydrogens is 382 g/mol. The Hall–Kier alpha value is -2.64. The van der Waals surface area contributed by atoms with Crippen LogP contribution in [0.1, 0.15) is 23.2 Å². The van der Waals surface area contributed by atoms with Gasteiger partial charge in [-0.3, -0.25) is 10.1 Å². The van der Waals surface area contributed by atoms with Gasteiger partial charge in [0.05, 0.1) is 11.2 Å². The smallest absolute Gasteiger partial charge is 0.226 e. The molecule has 0 spiro atoms. The van der Waals surface area contributed by atoms with Gasteiger partial charge in [0.25, 0.3) is 0 Å². The van der Waals surface area contributed by atoms with Crippen LogP contribution in [-0.4, -0.2) is 34.0 Å². The fourth-order valence-corrected chi connectivity index (χ4v) is 4.32. The zero-order valence-electron chi connectivity index (χ0n) is 16.8. The molecule has 2 unspecified atom stereocenters. The van der Waals surface area contributed by atoms with E-state index in [0.29, 0.717) is 12.4 Å². The van der Waals surface area contributed by atoms with Crippen molar-refractivity contribution in [1.29, 1.82) is 0 Å². The predicted molar refractivity (Wildman–Crippen MR) is 118 cm³/mol. The largest absolute Gasteiger partial charge is 0.323 e. The van der Waals surface area contributed by atoms with Gasteiger partial charge in [-0.15, -0.1) is 11.8 Å². The highest BCUT2D eigenvalue weighted by atomic mass is 32.2. The first-order valence-corrected chi connectivity index (χ1v) is 10.7. The predicted octanol–water partition coefficient (Wildman–Crippen LogP) is 3.52. The van der Waals surface area contributed by atoms with E-state index in [1.807, 2.05) is 26.0 Å². The van der Waals surface area contributed by atoms with Gasteiger partial charge in [-0.1, -0.05) is 29.8 Å². The highest BCUT2D eigenvalue weighted by molar-refractivity contribution is 7.99. The number of rotatable bonds is 5. The highest BCUT2D eigenvalue weighted by Crippen LogP contribution is 2.22. The molecule has 1 saturated heterocycles. The maximum Gasteiger partial charge on any atom is 0.226 e. The Labute approximate surface area is 174 Å². The Morgan fingerprint density at radius 1 is 1.07 bits per heavy atom. The molecule has 0 bridgehead atoms. The minimum Gasteiger partial charge on any atom is -0.323 e. The number of carbonyl (C=O) groups excluding carboxylic acids is 1. The second-order valence-corrected chi connectivity index (χ2v) is 8.58. The van der Waals surface area contributed by atoms with Crippen molar-refractivity contribution in [3.8, 4) is 0 Å². The van der Waals surface area contributed by atoms with Crippen LogP contribution in [0.4, 0.5) is 5.95 Å². The molecule has 3 N–H and O–H groups in total. The summed E-state index contributed by atoms with van der Waals surface area (Å²) >= 11 is 1.75. The number of nitrogens with one attached hydrogen (secondary N) is 3. The minimum absolute atomic E-state index is 0.0177. The van der Waals surface area contributed by atoms with Gasteiger partial charge >= 0.3 is 0 Å². The number of anilines is 1. The zero-order valence-corrected chi connectivity index (χ0v) is 17.6. The fraction of sp³-hybridized carbons (Fsp3) is 0.318. The van der Waals surface area contributed by atoms with E-state index in [9.17, 15) is 4.79 Å². The van der Waals surface area contributed by atoms with Crippen molar-refractivity contribution in [3.05, 3.63) is 59.3 Å². The lowest BCUT2D eigenvalue weighted by Gasteiger charge is -2.32. The van der Waals surface area contributed by atoms with Gasteiger partial charge < -0.3 is 10.6 Å². The Bertz CT molecular complexity index is 1040. The SMILES string of the molecule is Cc1ccc(SCC2CC(=O)NC(Nc3nc(C)c4ccc(C)cc4n3)N2)cc1. The molecule has 2 heterocycles. The molecular formula is C22H25N5OS. The summed E-state index contributed by atoms with van der Waals surface area (Å²) in [5.74, 6) is 1.33. The van der Waals surface area contributed by atoms with Crippen molar-refractivity contribution < 1.29 is 4.79 Å². The van der Waals surface area contributed by atoms with Gasteiger partial charge in [-0.05, 0) is 44.5 Å². The molecule has 1 aliphatic heterocycles. The molecule has 7 heteroatoms. The number of hydrogen-bond donors (Lipinski definition) is 3. The topological polar surface area (TPSA) is 78.9 Å². The number of carbonyl (C=O) groups is 1. The first kappa shape index (κ1) is 19.7. The van der Waals surface area contributed by atoms with Crippen LogP contribution in [0, 0.1) is 20.8 Å². The van der Waals surface area contributed by atoms with Crippen LogP contribution in [0.25, 0.3) is 10.9 Å². The number of nitrogens with zero attached hydrogens (tertiary/aromatic N) is 2. The van der Waals surface area contributed by atoms with Crippen molar-refractivity contribution in [3.63, 3.8) is 0 Å². The minimum atomic E-state index is -0.401. The van der Waals surface area contributed by atoms with Crippen molar-refractivity contribution in [2.24, 2.45) is 0 Å². The van der Waals surface area contributed by atoms with E-state index in [1.165, 1.54) is 10.5 Å². The summed E-state index contributed by atoms with van der Waals surface area (Å²) < 4.78 is 0. The zero-order chi connectivity index (χ0) is 20.4. The number of aromatic nitrogens is 2. The molecule has 6 nitrogen and oxygen atoms in total. The molecule has 4 rings (SSSR count). The van der Waals surface area contributed by atoms with Gasteiger partial charge in [0.2, 0.25) is 11.9 Å². The molecule has 0 radical (unpaired) electrons. The molecule has 1 amide bonds. The van der Waals surface area contributed by atoms with Crippen molar-refractivity contribution in [2.75, 3.05) is 11.1 Å².